The maximum absolute atomic E-state index is 3.93. The van der Waals surface area contributed by atoms with Gasteiger partial charge in [-0.05, 0) is 62.1 Å². The number of hydrogen-bond donors (Lipinski definition) is 0. The van der Waals surface area contributed by atoms with Crippen LogP contribution in [0.4, 0.5) is 0 Å². The fraction of sp³-hybridized carbons (Fsp3) is 0.200. The van der Waals surface area contributed by atoms with Gasteiger partial charge in [0.1, 0.15) is 0 Å². The highest BCUT2D eigenvalue weighted by Crippen LogP contribution is 2.21. The van der Waals surface area contributed by atoms with Crippen molar-refractivity contribution in [2.45, 2.75) is 34.1 Å². The summed E-state index contributed by atoms with van der Waals surface area (Å²) in [6, 6.07) is 23.6. The average molecular weight is 328 g/mol. The smallest absolute Gasteiger partial charge is 0.0138 e. The molecule has 0 N–H and O–H groups in total. The first-order valence-corrected chi connectivity index (χ1v) is 8.79. The molecule has 0 unspecified atom stereocenters. The highest BCUT2D eigenvalue weighted by atomic mass is 14.0. The lowest BCUT2D eigenvalue weighted by Crippen LogP contribution is -1.81. The van der Waals surface area contributed by atoms with Gasteiger partial charge in [0, 0.05) is 0 Å². The average Bonchev–Trinajstić information content (AvgIpc) is 2.62. The van der Waals surface area contributed by atoms with Gasteiger partial charge in [-0.25, -0.2) is 0 Å². The van der Waals surface area contributed by atoms with Gasteiger partial charge in [0.15, 0.2) is 0 Å². The number of aryl methyl sites for hydroxylation is 2. The Kier molecular flexibility index (Phi) is 6.77. The molecule has 0 aliphatic rings. The van der Waals surface area contributed by atoms with E-state index in [0.717, 1.165) is 6.42 Å². The van der Waals surface area contributed by atoms with Crippen molar-refractivity contribution in [2.24, 2.45) is 0 Å². The number of rotatable bonds is 3. The summed E-state index contributed by atoms with van der Waals surface area (Å²) in [7, 11) is 0. The van der Waals surface area contributed by atoms with Crippen LogP contribution in [0.25, 0.3) is 16.3 Å². The van der Waals surface area contributed by atoms with Gasteiger partial charge in [-0.15, -0.1) is 0 Å². The monoisotopic (exact) mass is 328 g/mol. The minimum absolute atomic E-state index is 0.957. The Morgan fingerprint density at radius 3 is 1.92 bits per heavy atom. The summed E-state index contributed by atoms with van der Waals surface area (Å²) < 4.78 is 0. The second kappa shape index (κ2) is 9.03. The first-order valence-electron chi connectivity index (χ1n) is 8.79. The molecular formula is C25H28. The van der Waals surface area contributed by atoms with Gasteiger partial charge >= 0.3 is 0 Å². The molecule has 0 aliphatic heterocycles. The van der Waals surface area contributed by atoms with Crippen molar-refractivity contribution in [3.05, 3.63) is 102 Å². The standard InChI is InChI=1S/C17H18.C8H10/c1-13(2)8-9-14(3)16-11-10-15-6-4-5-7-17(15)12-16;1-7-3-5-8(2)6-4-7/h4-7,9-12H,1,8H2,2-3H3;3-6H,1-2H3/b14-9+;. The molecule has 0 aliphatic carbocycles. The Bertz CT molecular complexity index is 843. The Morgan fingerprint density at radius 1 is 0.800 bits per heavy atom. The molecule has 3 aromatic carbocycles. The van der Waals surface area contributed by atoms with Crippen LogP contribution in [0.3, 0.4) is 0 Å². The molecule has 0 heteroatoms. The lowest BCUT2D eigenvalue weighted by molar-refractivity contribution is 1.22. The zero-order valence-corrected chi connectivity index (χ0v) is 15.8. The molecule has 0 saturated carbocycles. The molecule has 0 fully saturated rings. The van der Waals surface area contributed by atoms with E-state index in [1.54, 1.807) is 0 Å². The summed E-state index contributed by atoms with van der Waals surface area (Å²) in [5.74, 6) is 0. The fourth-order valence-electron chi connectivity index (χ4n) is 2.52. The van der Waals surface area contributed by atoms with E-state index < -0.39 is 0 Å². The third-order valence-electron chi connectivity index (χ3n) is 4.18. The molecule has 0 aromatic heterocycles. The first kappa shape index (κ1) is 18.7. The Balaban J connectivity index is 0.000000236. The van der Waals surface area contributed by atoms with E-state index in [1.807, 2.05) is 0 Å². The van der Waals surface area contributed by atoms with E-state index in [9.17, 15) is 0 Å². The highest BCUT2D eigenvalue weighted by Gasteiger charge is 1.98. The van der Waals surface area contributed by atoms with Gasteiger partial charge in [-0.1, -0.05) is 90.0 Å². The van der Waals surface area contributed by atoms with E-state index >= 15 is 0 Å². The van der Waals surface area contributed by atoms with Gasteiger partial charge in [-0.3, -0.25) is 0 Å². The van der Waals surface area contributed by atoms with Gasteiger partial charge in [0.2, 0.25) is 0 Å². The fourth-order valence-corrected chi connectivity index (χ4v) is 2.52. The lowest BCUT2D eigenvalue weighted by atomic mass is 10.0. The van der Waals surface area contributed by atoms with E-state index in [0.29, 0.717) is 0 Å². The van der Waals surface area contributed by atoms with Crippen LogP contribution in [-0.4, -0.2) is 0 Å². The Hall–Kier alpha value is -2.60. The minimum Gasteiger partial charge on any atom is -0.0998 e. The maximum Gasteiger partial charge on any atom is -0.0138 e. The number of allylic oxidation sites excluding steroid dienone is 3. The predicted molar refractivity (Wildman–Crippen MR) is 113 cm³/mol. The molecular weight excluding hydrogens is 300 g/mol. The number of benzene rings is 3. The van der Waals surface area contributed by atoms with Crippen molar-refractivity contribution in [1.29, 1.82) is 0 Å². The first-order chi connectivity index (χ1) is 12.0. The predicted octanol–water partition coefficient (Wildman–Crippen LogP) is 7.51. The van der Waals surface area contributed by atoms with E-state index in [2.05, 4.69) is 107 Å². The Labute approximate surface area is 152 Å². The van der Waals surface area contributed by atoms with Crippen molar-refractivity contribution in [3.8, 4) is 0 Å². The van der Waals surface area contributed by atoms with Crippen molar-refractivity contribution in [3.63, 3.8) is 0 Å². The van der Waals surface area contributed by atoms with Crippen LogP contribution in [0.5, 0.6) is 0 Å². The van der Waals surface area contributed by atoms with Crippen molar-refractivity contribution in [1.82, 2.24) is 0 Å². The molecule has 3 rings (SSSR count). The summed E-state index contributed by atoms with van der Waals surface area (Å²) in [6.07, 6.45) is 3.20. The zero-order valence-electron chi connectivity index (χ0n) is 15.8. The molecule has 0 atom stereocenters. The normalized spacial score (nSPS) is 11.0. The second-order valence-corrected chi connectivity index (χ2v) is 6.76. The van der Waals surface area contributed by atoms with Crippen LogP contribution in [-0.2, 0) is 0 Å². The summed E-state index contributed by atoms with van der Waals surface area (Å²) in [6.45, 7) is 12.3. The third-order valence-corrected chi connectivity index (χ3v) is 4.18. The minimum atomic E-state index is 0.957. The van der Waals surface area contributed by atoms with Crippen LogP contribution >= 0.6 is 0 Å². The van der Waals surface area contributed by atoms with E-state index in [-0.39, 0.29) is 0 Å². The third kappa shape index (κ3) is 6.08. The van der Waals surface area contributed by atoms with Gasteiger partial charge < -0.3 is 0 Å². The van der Waals surface area contributed by atoms with Gasteiger partial charge in [0.05, 0.1) is 0 Å². The van der Waals surface area contributed by atoms with Crippen LogP contribution < -0.4 is 0 Å². The van der Waals surface area contributed by atoms with E-state index in [4.69, 9.17) is 0 Å². The van der Waals surface area contributed by atoms with Crippen molar-refractivity contribution < 1.29 is 0 Å². The molecule has 128 valence electrons. The lowest BCUT2D eigenvalue weighted by Gasteiger charge is -2.04. The largest absolute Gasteiger partial charge is 0.0998 e. The zero-order chi connectivity index (χ0) is 18.2. The molecule has 0 radical (unpaired) electrons. The maximum atomic E-state index is 3.93. The SMILES string of the molecule is C=C(C)C/C=C(\C)c1ccc2ccccc2c1.Cc1ccc(C)cc1. The summed E-state index contributed by atoms with van der Waals surface area (Å²) in [5, 5.41) is 2.59. The van der Waals surface area contributed by atoms with Crippen molar-refractivity contribution >= 4 is 16.3 Å². The molecule has 0 bridgehead atoms. The summed E-state index contributed by atoms with van der Waals surface area (Å²) in [4.78, 5) is 0. The van der Waals surface area contributed by atoms with Crippen LogP contribution in [0.15, 0.2) is 85.0 Å². The summed E-state index contributed by atoms with van der Waals surface area (Å²) in [5.41, 5.74) is 6.47. The molecule has 0 spiro atoms. The highest BCUT2D eigenvalue weighted by molar-refractivity contribution is 5.86. The Morgan fingerprint density at radius 2 is 1.36 bits per heavy atom. The van der Waals surface area contributed by atoms with Crippen LogP contribution in [0, 0.1) is 13.8 Å². The van der Waals surface area contributed by atoms with Gasteiger partial charge in [0.25, 0.3) is 0 Å². The second-order valence-electron chi connectivity index (χ2n) is 6.76. The molecule has 25 heavy (non-hydrogen) atoms. The molecule has 0 saturated heterocycles. The van der Waals surface area contributed by atoms with Crippen LogP contribution in [0.1, 0.15) is 37.0 Å². The topological polar surface area (TPSA) is 0 Å². The van der Waals surface area contributed by atoms with E-state index in [1.165, 1.54) is 38.6 Å². The van der Waals surface area contributed by atoms with Crippen LogP contribution in [0.2, 0.25) is 0 Å². The van der Waals surface area contributed by atoms with Crippen molar-refractivity contribution in [2.75, 3.05) is 0 Å². The number of fused-ring (bicyclic) bond motifs is 1. The molecule has 3 aromatic rings. The molecule has 0 heterocycles. The molecule has 0 nitrogen and oxygen atoms in total. The summed E-state index contributed by atoms with van der Waals surface area (Å²) >= 11 is 0. The molecule has 0 amide bonds. The quantitative estimate of drug-likeness (QED) is 0.436. The number of hydrogen-bond acceptors (Lipinski definition) is 0. The van der Waals surface area contributed by atoms with Gasteiger partial charge in [-0.2, -0.15) is 0 Å².